The highest BCUT2D eigenvalue weighted by Gasteiger charge is 2.03. The third-order valence-corrected chi connectivity index (χ3v) is 2.62. The van der Waals surface area contributed by atoms with E-state index in [1.54, 1.807) is 12.4 Å². The Balaban J connectivity index is 2.20. The van der Waals surface area contributed by atoms with Crippen LogP contribution in [-0.4, -0.2) is 9.55 Å². The number of nitrogens with two attached hydrogens (primary N) is 1. The van der Waals surface area contributed by atoms with Crippen molar-refractivity contribution in [1.82, 2.24) is 9.55 Å². The molecule has 0 unspecified atom stereocenters. The Kier molecular flexibility index (Phi) is 3.22. The Labute approximate surface area is 97.7 Å². The first-order chi connectivity index (χ1) is 7.69. The first-order valence-electron chi connectivity index (χ1n) is 4.83. The average Bonchev–Trinajstić information content (AvgIpc) is 2.70. The third-order valence-electron chi connectivity index (χ3n) is 2.26. The molecule has 2 aromatic rings. The molecule has 0 aliphatic rings. The maximum absolute atomic E-state index is 12.8. The van der Waals surface area contributed by atoms with E-state index >= 15 is 0 Å². The van der Waals surface area contributed by atoms with Crippen molar-refractivity contribution >= 4 is 11.6 Å². The van der Waals surface area contributed by atoms with Gasteiger partial charge in [0.1, 0.15) is 5.82 Å². The molecule has 1 aromatic heterocycles. The van der Waals surface area contributed by atoms with E-state index in [4.69, 9.17) is 17.3 Å². The molecule has 0 spiro atoms. The van der Waals surface area contributed by atoms with E-state index in [1.165, 1.54) is 12.1 Å². The molecule has 0 fully saturated rings. The van der Waals surface area contributed by atoms with E-state index < -0.39 is 0 Å². The van der Waals surface area contributed by atoms with Gasteiger partial charge < -0.3 is 10.3 Å². The Morgan fingerprint density at radius 2 is 2.25 bits per heavy atom. The molecule has 1 aromatic carbocycles. The first-order valence-corrected chi connectivity index (χ1v) is 5.21. The number of hydrogen-bond donors (Lipinski definition) is 1. The number of benzene rings is 1. The minimum Gasteiger partial charge on any atom is -0.333 e. The lowest BCUT2D eigenvalue weighted by atomic mass is 10.2. The quantitative estimate of drug-likeness (QED) is 0.892. The molecule has 2 rings (SSSR count). The zero-order chi connectivity index (χ0) is 11.5. The van der Waals surface area contributed by atoms with Gasteiger partial charge in [-0.05, 0) is 17.7 Å². The van der Waals surface area contributed by atoms with Crippen molar-refractivity contribution in [3.8, 4) is 0 Å². The predicted octanol–water partition coefficient (Wildman–Crippen LogP) is 2.18. The fourth-order valence-corrected chi connectivity index (χ4v) is 1.67. The van der Waals surface area contributed by atoms with Gasteiger partial charge in [0.15, 0.2) is 0 Å². The highest BCUT2D eigenvalue weighted by molar-refractivity contribution is 6.31. The number of nitrogens with zero attached hydrogens (tertiary/aromatic N) is 2. The molecule has 0 radical (unpaired) electrons. The summed E-state index contributed by atoms with van der Waals surface area (Å²) in [7, 11) is 0. The molecule has 0 atom stereocenters. The molecule has 16 heavy (non-hydrogen) atoms. The van der Waals surface area contributed by atoms with Gasteiger partial charge in [-0.1, -0.05) is 17.7 Å². The highest BCUT2D eigenvalue weighted by atomic mass is 35.5. The van der Waals surface area contributed by atoms with Gasteiger partial charge in [-0.2, -0.15) is 0 Å². The molecule has 0 aliphatic carbocycles. The Morgan fingerprint density at radius 1 is 1.44 bits per heavy atom. The van der Waals surface area contributed by atoms with Crippen LogP contribution in [-0.2, 0) is 13.1 Å². The molecule has 0 bridgehead atoms. The highest BCUT2D eigenvalue weighted by Crippen LogP contribution is 2.18. The molecule has 5 heteroatoms. The van der Waals surface area contributed by atoms with E-state index in [0.29, 0.717) is 18.1 Å². The van der Waals surface area contributed by atoms with Crippen molar-refractivity contribution in [2.45, 2.75) is 13.1 Å². The summed E-state index contributed by atoms with van der Waals surface area (Å²) in [6.45, 7) is 0.969. The van der Waals surface area contributed by atoms with Crippen LogP contribution in [0.2, 0.25) is 5.02 Å². The molecule has 1 heterocycles. The number of imidazole rings is 1. The zero-order valence-electron chi connectivity index (χ0n) is 8.53. The SMILES string of the molecule is NCc1cn(Cc2ccc(F)cc2Cl)cn1. The summed E-state index contributed by atoms with van der Waals surface area (Å²) in [6.07, 6.45) is 3.53. The number of rotatable bonds is 3. The van der Waals surface area contributed by atoms with Crippen molar-refractivity contribution in [1.29, 1.82) is 0 Å². The van der Waals surface area contributed by atoms with Crippen LogP contribution in [0.4, 0.5) is 4.39 Å². The molecule has 3 nitrogen and oxygen atoms in total. The summed E-state index contributed by atoms with van der Waals surface area (Å²) in [5, 5.41) is 0.419. The average molecular weight is 240 g/mol. The van der Waals surface area contributed by atoms with Gasteiger partial charge in [-0.15, -0.1) is 0 Å². The standard InChI is InChI=1S/C11H11ClFN3/c12-11-3-9(13)2-1-8(11)5-16-6-10(4-14)15-7-16/h1-3,6-7H,4-5,14H2. The zero-order valence-corrected chi connectivity index (χ0v) is 9.28. The topological polar surface area (TPSA) is 43.8 Å². The van der Waals surface area contributed by atoms with E-state index in [9.17, 15) is 4.39 Å². The van der Waals surface area contributed by atoms with Crippen LogP contribution >= 0.6 is 11.6 Å². The van der Waals surface area contributed by atoms with Gasteiger partial charge in [-0.25, -0.2) is 9.37 Å². The summed E-state index contributed by atoms with van der Waals surface area (Å²) >= 11 is 5.92. The summed E-state index contributed by atoms with van der Waals surface area (Å²) in [5.41, 5.74) is 7.12. The van der Waals surface area contributed by atoms with Crippen molar-refractivity contribution < 1.29 is 4.39 Å². The Morgan fingerprint density at radius 3 is 2.88 bits per heavy atom. The van der Waals surface area contributed by atoms with Crippen molar-refractivity contribution in [3.63, 3.8) is 0 Å². The molecule has 0 aliphatic heterocycles. The van der Waals surface area contributed by atoms with Gasteiger partial charge in [0.2, 0.25) is 0 Å². The lowest BCUT2D eigenvalue weighted by Crippen LogP contribution is -1.99. The molecule has 0 saturated carbocycles. The second-order valence-corrected chi connectivity index (χ2v) is 3.88. The molecule has 0 saturated heterocycles. The maximum atomic E-state index is 12.8. The minimum absolute atomic E-state index is 0.331. The van der Waals surface area contributed by atoms with E-state index in [-0.39, 0.29) is 5.82 Å². The van der Waals surface area contributed by atoms with Gasteiger partial charge in [0, 0.05) is 24.3 Å². The second-order valence-electron chi connectivity index (χ2n) is 3.48. The van der Waals surface area contributed by atoms with Crippen LogP contribution in [0, 0.1) is 5.82 Å². The van der Waals surface area contributed by atoms with E-state index in [0.717, 1.165) is 11.3 Å². The summed E-state index contributed by atoms with van der Waals surface area (Å²) in [5.74, 6) is -0.331. The predicted molar refractivity (Wildman–Crippen MR) is 60.6 cm³/mol. The first kappa shape index (κ1) is 11.1. The van der Waals surface area contributed by atoms with E-state index in [1.807, 2.05) is 10.8 Å². The normalized spacial score (nSPS) is 10.7. The van der Waals surface area contributed by atoms with Crippen LogP contribution in [0.15, 0.2) is 30.7 Å². The summed E-state index contributed by atoms with van der Waals surface area (Å²) in [6, 6.07) is 4.36. The molecule has 2 N–H and O–H groups in total. The van der Waals surface area contributed by atoms with Gasteiger partial charge in [0.05, 0.1) is 12.0 Å². The minimum atomic E-state index is -0.331. The molecular formula is C11H11ClFN3. The van der Waals surface area contributed by atoms with Crippen molar-refractivity contribution in [2.75, 3.05) is 0 Å². The van der Waals surface area contributed by atoms with E-state index in [2.05, 4.69) is 4.98 Å². The summed E-state index contributed by atoms with van der Waals surface area (Å²) < 4.78 is 14.7. The lowest BCUT2D eigenvalue weighted by molar-refractivity contribution is 0.626. The molecule has 0 amide bonds. The fourth-order valence-electron chi connectivity index (χ4n) is 1.44. The molecular weight excluding hydrogens is 229 g/mol. The maximum Gasteiger partial charge on any atom is 0.124 e. The van der Waals surface area contributed by atoms with Crippen LogP contribution in [0.1, 0.15) is 11.3 Å². The van der Waals surface area contributed by atoms with Crippen LogP contribution < -0.4 is 5.73 Å². The van der Waals surface area contributed by atoms with Crippen molar-refractivity contribution in [3.05, 3.63) is 52.8 Å². The number of halogens is 2. The van der Waals surface area contributed by atoms with Crippen LogP contribution in [0.3, 0.4) is 0 Å². The number of aromatic nitrogens is 2. The number of hydrogen-bond acceptors (Lipinski definition) is 2. The lowest BCUT2D eigenvalue weighted by Gasteiger charge is -2.04. The Hall–Kier alpha value is -1.39. The fraction of sp³-hybridized carbons (Fsp3) is 0.182. The summed E-state index contributed by atoms with van der Waals surface area (Å²) in [4.78, 5) is 4.10. The smallest absolute Gasteiger partial charge is 0.124 e. The van der Waals surface area contributed by atoms with Crippen molar-refractivity contribution in [2.24, 2.45) is 5.73 Å². The van der Waals surface area contributed by atoms with Gasteiger partial charge in [-0.3, -0.25) is 0 Å². The molecule has 84 valence electrons. The van der Waals surface area contributed by atoms with Gasteiger partial charge in [0.25, 0.3) is 0 Å². The monoisotopic (exact) mass is 239 g/mol. The largest absolute Gasteiger partial charge is 0.333 e. The van der Waals surface area contributed by atoms with Gasteiger partial charge >= 0.3 is 0 Å². The Bertz CT molecular complexity index is 496. The third kappa shape index (κ3) is 2.40. The van der Waals surface area contributed by atoms with Crippen LogP contribution in [0.5, 0.6) is 0 Å². The van der Waals surface area contributed by atoms with Crippen LogP contribution in [0.25, 0.3) is 0 Å². The second kappa shape index (κ2) is 4.63.